The zero-order chi connectivity index (χ0) is 16.3. The quantitative estimate of drug-likeness (QED) is 0.930. The number of ether oxygens (including phenoxy) is 1. The van der Waals surface area contributed by atoms with Crippen molar-refractivity contribution in [1.29, 1.82) is 0 Å². The van der Waals surface area contributed by atoms with Gasteiger partial charge in [0.05, 0.1) is 31.2 Å². The molecule has 1 heterocycles. The van der Waals surface area contributed by atoms with E-state index in [1.807, 2.05) is 62.9 Å². The first kappa shape index (κ1) is 17.0. The van der Waals surface area contributed by atoms with Gasteiger partial charge in [-0.25, -0.2) is 0 Å². The van der Waals surface area contributed by atoms with Crippen LogP contribution in [0.2, 0.25) is 0 Å². The lowest BCUT2D eigenvalue weighted by Crippen LogP contribution is -2.56. The summed E-state index contributed by atoms with van der Waals surface area (Å²) in [5.74, 6) is 0.0773. The van der Waals surface area contributed by atoms with Crippen LogP contribution in [-0.4, -0.2) is 40.7 Å². The summed E-state index contributed by atoms with van der Waals surface area (Å²) < 4.78 is 5.96. The summed E-state index contributed by atoms with van der Waals surface area (Å²) in [6, 6.07) is 9.97. The fourth-order valence-corrected chi connectivity index (χ4v) is 2.68. The third kappa shape index (κ3) is 3.87. The van der Waals surface area contributed by atoms with Crippen LogP contribution in [0.25, 0.3) is 0 Å². The van der Waals surface area contributed by atoms with Crippen LogP contribution in [0.3, 0.4) is 0 Å². The van der Waals surface area contributed by atoms with E-state index in [9.17, 15) is 9.90 Å². The van der Waals surface area contributed by atoms with Gasteiger partial charge in [-0.2, -0.15) is 0 Å². The van der Waals surface area contributed by atoms with Crippen molar-refractivity contribution >= 4 is 5.91 Å². The van der Waals surface area contributed by atoms with E-state index in [4.69, 9.17) is 4.74 Å². The molecule has 2 rings (SSSR count). The van der Waals surface area contributed by atoms with Gasteiger partial charge in [0.25, 0.3) is 0 Å². The second-order valence-electron chi connectivity index (χ2n) is 7.04. The standard InChI is InChI=1S/C18H27NO3/c1-13(2)15(20)10-17(21)19-11-16(22-12-18(19,3)4)14-8-6-5-7-9-14/h5-9,13,15-16,20H,10-12H2,1-4H3. The van der Waals surface area contributed by atoms with Gasteiger partial charge in [-0.05, 0) is 25.3 Å². The number of rotatable bonds is 4. The number of nitrogens with zero attached hydrogens (tertiary/aromatic N) is 1. The summed E-state index contributed by atoms with van der Waals surface area (Å²) in [5, 5.41) is 10.0. The lowest BCUT2D eigenvalue weighted by Gasteiger charge is -2.46. The van der Waals surface area contributed by atoms with Crippen LogP contribution in [0, 0.1) is 5.92 Å². The topological polar surface area (TPSA) is 49.8 Å². The molecule has 1 fully saturated rings. The number of amides is 1. The van der Waals surface area contributed by atoms with Crippen LogP contribution in [0.5, 0.6) is 0 Å². The van der Waals surface area contributed by atoms with Crippen molar-refractivity contribution in [2.24, 2.45) is 5.92 Å². The third-order valence-corrected chi connectivity index (χ3v) is 4.34. The lowest BCUT2D eigenvalue weighted by molar-refractivity contribution is -0.157. The van der Waals surface area contributed by atoms with Crippen molar-refractivity contribution in [3.63, 3.8) is 0 Å². The van der Waals surface area contributed by atoms with Crippen LogP contribution in [-0.2, 0) is 9.53 Å². The van der Waals surface area contributed by atoms with Gasteiger partial charge in [-0.3, -0.25) is 4.79 Å². The maximum absolute atomic E-state index is 12.6. The molecule has 0 aromatic heterocycles. The second-order valence-corrected chi connectivity index (χ2v) is 7.04. The molecule has 1 saturated heterocycles. The molecule has 1 amide bonds. The molecule has 1 aromatic carbocycles. The third-order valence-electron chi connectivity index (χ3n) is 4.34. The molecule has 1 aromatic rings. The second kappa shape index (κ2) is 6.80. The van der Waals surface area contributed by atoms with Gasteiger partial charge in [0, 0.05) is 0 Å². The molecule has 4 heteroatoms. The fourth-order valence-electron chi connectivity index (χ4n) is 2.68. The van der Waals surface area contributed by atoms with Crippen molar-refractivity contribution in [2.45, 2.75) is 51.9 Å². The van der Waals surface area contributed by atoms with Gasteiger partial charge in [0.1, 0.15) is 6.10 Å². The highest BCUT2D eigenvalue weighted by atomic mass is 16.5. The van der Waals surface area contributed by atoms with Crippen molar-refractivity contribution in [3.05, 3.63) is 35.9 Å². The Morgan fingerprint density at radius 3 is 2.59 bits per heavy atom. The Hall–Kier alpha value is -1.39. The highest BCUT2D eigenvalue weighted by molar-refractivity contribution is 5.77. The van der Waals surface area contributed by atoms with Gasteiger partial charge < -0.3 is 14.7 Å². The number of carbonyl (C=O) groups is 1. The Bertz CT molecular complexity index is 498. The first-order valence-corrected chi connectivity index (χ1v) is 7.96. The molecule has 2 atom stereocenters. The Morgan fingerprint density at radius 2 is 2.00 bits per heavy atom. The van der Waals surface area contributed by atoms with Crippen LogP contribution >= 0.6 is 0 Å². The molecule has 0 bridgehead atoms. The van der Waals surface area contributed by atoms with Gasteiger partial charge in [0.2, 0.25) is 5.91 Å². The fraction of sp³-hybridized carbons (Fsp3) is 0.611. The normalized spacial score (nSPS) is 22.6. The summed E-state index contributed by atoms with van der Waals surface area (Å²) in [5.41, 5.74) is 0.735. The Labute approximate surface area is 133 Å². The molecule has 4 nitrogen and oxygen atoms in total. The number of aliphatic hydroxyl groups is 1. The van der Waals surface area contributed by atoms with E-state index in [0.29, 0.717) is 13.2 Å². The van der Waals surface area contributed by atoms with Gasteiger partial charge >= 0.3 is 0 Å². The smallest absolute Gasteiger partial charge is 0.225 e. The molecular weight excluding hydrogens is 278 g/mol. The van der Waals surface area contributed by atoms with E-state index in [1.54, 1.807) is 0 Å². The molecule has 122 valence electrons. The predicted molar refractivity (Wildman–Crippen MR) is 86.4 cm³/mol. The van der Waals surface area contributed by atoms with Gasteiger partial charge in [-0.15, -0.1) is 0 Å². The van der Waals surface area contributed by atoms with E-state index in [0.717, 1.165) is 5.56 Å². The molecule has 1 N–H and O–H groups in total. The number of benzene rings is 1. The van der Waals surface area contributed by atoms with E-state index in [2.05, 4.69) is 0 Å². The molecule has 1 aliphatic rings. The molecule has 0 spiro atoms. The molecule has 1 aliphatic heterocycles. The minimum atomic E-state index is -0.596. The minimum absolute atomic E-state index is 0.00423. The number of morpholine rings is 1. The summed E-state index contributed by atoms with van der Waals surface area (Å²) in [7, 11) is 0. The van der Waals surface area contributed by atoms with E-state index < -0.39 is 6.10 Å². The van der Waals surface area contributed by atoms with Crippen molar-refractivity contribution in [3.8, 4) is 0 Å². The van der Waals surface area contributed by atoms with Gasteiger partial charge in [-0.1, -0.05) is 44.2 Å². The van der Waals surface area contributed by atoms with Crippen molar-refractivity contribution in [2.75, 3.05) is 13.2 Å². The Balaban J connectivity index is 2.11. The SMILES string of the molecule is CC(C)C(O)CC(=O)N1CC(c2ccccc2)OCC1(C)C. The average Bonchev–Trinajstić information content (AvgIpc) is 2.47. The first-order chi connectivity index (χ1) is 10.3. The molecule has 0 saturated carbocycles. The number of aliphatic hydroxyl groups excluding tert-OH is 1. The maximum Gasteiger partial charge on any atom is 0.225 e. The zero-order valence-corrected chi connectivity index (χ0v) is 14.0. The van der Waals surface area contributed by atoms with Gasteiger partial charge in [0.15, 0.2) is 0 Å². The first-order valence-electron chi connectivity index (χ1n) is 7.96. The minimum Gasteiger partial charge on any atom is -0.392 e. The largest absolute Gasteiger partial charge is 0.392 e. The molecular formula is C18H27NO3. The lowest BCUT2D eigenvalue weighted by atomic mass is 9.96. The summed E-state index contributed by atoms with van der Waals surface area (Å²) >= 11 is 0. The predicted octanol–water partition coefficient (Wildman–Crippen LogP) is 2.77. The zero-order valence-electron chi connectivity index (χ0n) is 14.0. The summed E-state index contributed by atoms with van der Waals surface area (Å²) in [4.78, 5) is 14.5. The Morgan fingerprint density at radius 1 is 1.36 bits per heavy atom. The molecule has 0 radical (unpaired) electrons. The van der Waals surface area contributed by atoms with Crippen molar-refractivity contribution in [1.82, 2.24) is 4.90 Å². The summed E-state index contributed by atoms with van der Waals surface area (Å²) in [6.07, 6.45) is -0.529. The molecule has 22 heavy (non-hydrogen) atoms. The number of hydrogen-bond donors (Lipinski definition) is 1. The highest BCUT2D eigenvalue weighted by Crippen LogP contribution is 2.31. The number of hydrogen-bond acceptors (Lipinski definition) is 3. The molecule has 2 unspecified atom stereocenters. The molecule has 0 aliphatic carbocycles. The number of carbonyl (C=O) groups excluding carboxylic acids is 1. The van der Waals surface area contributed by atoms with Crippen LogP contribution < -0.4 is 0 Å². The average molecular weight is 305 g/mol. The van der Waals surface area contributed by atoms with Crippen LogP contribution in [0.4, 0.5) is 0 Å². The van der Waals surface area contributed by atoms with Crippen molar-refractivity contribution < 1.29 is 14.6 Å². The maximum atomic E-state index is 12.6. The van der Waals surface area contributed by atoms with Crippen LogP contribution in [0.1, 0.15) is 45.8 Å². The highest BCUT2D eigenvalue weighted by Gasteiger charge is 2.38. The van der Waals surface area contributed by atoms with E-state index >= 15 is 0 Å². The Kier molecular flexibility index (Phi) is 5.24. The van der Waals surface area contributed by atoms with E-state index in [-0.39, 0.29) is 29.9 Å². The van der Waals surface area contributed by atoms with Crippen LogP contribution in [0.15, 0.2) is 30.3 Å². The monoisotopic (exact) mass is 305 g/mol. The summed E-state index contributed by atoms with van der Waals surface area (Å²) in [6.45, 7) is 8.89. The van der Waals surface area contributed by atoms with E-state index in [1.165, 1.54) is 0 Å².